The lowest BCUT2D eigenvalue weighted by Crippen LogP contribution is -2.41. The van der Waals surface area contributed by atoms with E-state index in [1.54, 1.807) is 42.1 Å². The Balaban J connectivity index is 1.86. The molecule has 1 aromatic heterocycles. The highest BCUT2D eigenvalue weighted by Gasteiger charge is 2.46. The zero-order valence-electron chi connectivity index (χ0n) is 16.4. The molecule has 146 valence electrons. The molecule has 2 atom stereocenters. The second-order valence-corrected chi connectivity index (χ2v) is 8.24. The van der Waals surface area contributed by atoms with Crippen molar-refractivity contribution in [3.05, 3.63) is 58.6 Å². The zero-order chi connectivity index (χ0) is 20.3. The molecule has 0 amide bonds. The molecular weight excluding hydrogens is 358 g/mol. The van der Waals surface area contributed by atoms with Crippen LogP contribution in [0.1, 0.15) is 73.0 Å². The number of aromatic nitrogens is 3. The minimum Gasteiger partial charge on any atom is -0.483 e. The van der Waals surface area contributed by atoms with Gasteiger partial charge in [-0.2, -0.15) is 0 Å². The minimum atomic E-state index is -1.12. The fourth-order valence-electron chi connectivity index (χ4n) is 3.74. The number of aliphatic hydroxyl groups is 1. The van der Waals surface area contributed by atoms with Crippen molar-refractivity contribution in [2.45, 2.75) is 57.8 Å². The number of nitrogens with zero attached hydrogens (tertiary/aromatic N) is 3. The summed E-state index contributed by atoms with van der Waals surface area (Å²) in [7, 11) is 0. The molecule has 2 aromatic rings. The fraction of sp³-hybridized carbons (Fsp3) is 0.429. The number of ketones is 2. The van der Waals surface area contributed by atoms with Crippen LogP contribution in [0.25, 0.3) is 0 Å². The lowest BCUT2D eigenvalue weighted by atomic mass is 9.79. The van der Waals surface area contributed by atoms with Gasteiger partial charge in [-0.1, -0.05) is 36.4 Å². The molecule has 0 saturated heterocycles. The van der Waals surface area contributed by atoms with Gasteiger partial charge in [0.1, 0.15) is 16.9 Å². The minimum absolute atomic E-state index is 0.0873. The molecule has 1 aliphatic heterocycles. The first kappa shape index (κ1) is 18.6. The lowest BCUT2D eigenvalue weighted by Gasteiger charge is -2.39. The van der Waals surface area contributed by atoms with Crippen molar-refractivity contribution in [2.75, 3.05) is 0 Å². The molecule has 4 rings (SSSR count). The van der Waals surface area contributed by atoms with Gasteiger partial charge in [0, 0.05) is 17.5 Å². The average Bonchev–Trinajstić information content (AvgIpc) is 3.16. The summed E-state index contributed by atoms with van der Waals surface area (Å²) in [6, 6.07) is 6.27. The third kappa shape index (κ3) is 2.77. The molecule has 1 N–H and O–H groups in total. The Morgan fingerprint density at radius 1 is 1.25 bits per heavy atom. The second-order valence-electron chi connectivity index (χ2n) is 8.24. The van der Waals surface area contributed by atoms with Crippen LogP contribution < -0.4 is 0 Å². The maximum Gasteiger partial charge on any atom is 0.228 e. The normalized spacial score (nSPS) is 23.0. The Kier molecular flexibility index (Phi) is 4.04. The second kappa shape index (κ2) is 6.10. The van der Waals surface area contributed by atoms with E-state index in [-0.39, 0.29) is 17.3 Å². The van der Waals surface area contributed by atoms with Gasteiger partial charge in [-0.3, -0.25) is 9.59 Å². The van der Waals surface area contributed by atoms with E-state index in [0.29, 0.717) is 35.2 Å². The highest BCUT2D eigenvalue weighted by atomic mass is 16.5. The molecule has 0 bridgehead atoms. The summed E-state index contributed by atoms with van der Waals surface area (Å²) in [4.78, 5) is 26.3. The molecule has 0 spiro atoms. The largest absolute Gasteiger partial charge is 0.483 e. The number of rotatable bonds is 3. The van der Waals surface area contributed by atoms with Gasteiger partial charge in [0.25, 0.3) is 0 Å². The number of hydrogen-bond acceptors (Lipinski definition) is 6. The molecular formula is C21H23N3O4. The number of allylic oxidation sites excluding steroid dienone is 2. The van der Waals surface area contributed by atoms with Crippen LogP contribution in [0.5, 0.6) is 0 Å². The van der Waals surface area contributed by atoms with Gasteiger partial charge < -0.3 is 9.84 Å². The van der Waals surface area contributed by atoms with E-state index in [2.05, 4.69) is 10.3 Å². The predicted molar refractivity (Wildman–Crippen MR) is 101 cm³/mol. The number of fused-ring (bicyclic) bond motifs is 1. The van der Waals surface area contributed by atoms with Crippen molar-refractivity contribution in [2.24, 2.45) is 0 Å². The summed E-state index contributed by atoms with van der Waals surface area (Å²) in [6.07, 6.45) is 2.58. The number of benzene rings is 1. The number of carbonyl (C=O) groups is 2. The zero-order valence-corrected chi connectivity index (χ0v) is 16.4. The Labute approximate surface area is 163 Å². The monoisotopic (exact) mass is 381 g/mol. The number of ether oxygens (including phenoxy) is 1. The van der Waals surface area contributed by atoms with E-state index in [4.69, 9.17) is 4.74 Å². The van der Waals surface area contributed by atoms with Crippen LogP contribution in [-0.4, -0.2) is 37.3 Å². The quantitative estimate of drug-likeness (QED) is 0.878. The van der Waals surface area contributed by atoms with Gasteiger partial charge in [0.05, 0.1) is 17.8 Å². The van der Waals surface area contributed by atoms with E-state index in [1.807, 2.05) is 20.8 Å². The van der Waals surface area contributed by atoms with Crippen molar-refractivity contribution in [3.63, 3.8) is 0 Å². The molecule has 2 unspecified atom stereocenters. The average molecular weight is 381 g/mol. The van der Waals surface area contributed by atoms with Gasteiger partial charge in [-0.15, -0.1) is 5.10 Å². The maximum absolute atomic E-state index is 13.3. The summed E-state index contributed by atoms with van der Waals surface area (Å²) >= 11 is 0. The Morgan fingerprint density at radius 3 is 2.54 bits per heavy atom. The molecule has 1 aromatic carbocycles. The van der Waals surface area contributed by atoms with E-state index in [9.17, 15) is 14.7 Å². The van der Waals surface area contributed by atoms with Crippen LogP contribution in [0.15, 0.2) is 41.8 Å². The van der Waals surface area contributed by atoms with Crippen LogP contribution in [0.2, 0.25) is 0 Å². The molecule has 0 saturated carbocycles. The highest BCUT2D eigenvalue weighted by molar-refractivity contribution is 6.26. The van der Waals surface area contributed by atoms with Crippen molar-refractivity contribution >= 4 is 11.6 Å². The van der Waals surface area contributed by atoms with Gasteiger partial charge in [0.2, 0.25) is 5.78 Å². The lowest BCUT2D eigenvalue weighted by molar-refractivity contribution is -0.00327. The molecule has 2 heterocycles. The summed E-state index contributed by atoms with van der Waals surface area (Å²) in [5, 5.41) is 18.8. The van der Waals surface area contributed by atoms with E-state index in [0.717, 1.165) is 0 Å². The first-order chi connectivity index (χ1) is 13.1. The van der Waals surface area contributed by atoms with Crippen LogP contribution in [-0.2, 0) is 10.3 Å². The van der Waals surface area contributed by atoms with Gasteiger partial charge in [-0.25, -0.2) is 4.68 Å². The number of hydrogen-bond donors (Lipinski definition) is 1. The molecule has 2 aliphatic rings. The first-order valence-corrected chi connectivity index (χ1v) is 9.41. The number of Topliss-reactive ketones (excluding diaryl/α,β-unsaturated/α-hetero) is 2. The SMILES string of the molecule is CCC(C)(O)c1cn(C2CC(C)(C)OC3=C2C(=O)c2ccccc2C3=O)nn1. The smallest absolute Gasteiger partial charge is 0.228 e. The van der Waals surface area contributed by atoms with Crippen molar-refractivity contribution in [1.29, 1.82) is 0 Å². The van der Waals surface area contributed by atoms with Crippen LogP contribution >= 0.6 is 0 Å². The van der Waals surface area contributed by atoms with Gasteiger partial charge in [0.15, 0.2) is 11.5 Å². The predicted octanol–water partition coefficient (Wildman–Crippen LogP) is 2.97. The Hall–Kier alpha value is -2.80. The van der Waals surface area contributed by atoms with E-state index >= 15 is 0 Å². The summed E-state index contributed by atoms with van der Waals surface area (Å²) in [5.41, 5.74) is -0.316. The van der Waals surface area contributed by atoms with Gasteiger partial charge >= 0.3 is 0 Å². The molecule has 1 aliphatic carbocycles. The third-order valence-electron chi connectivity index (χ3n) is 5.58. The van der Waals surface area contributed by atoms with Crippen molar-refractivity contribution in [1.82, 2.24) is 15.0 Å². The van der Waals surface area contributed by atoms with Crippen LogP contribution in [0.4, 0.5) is 0 Å². The molecule has 7 heteroatoms. The van der Waals surface area contributed by atoms with Crippen LogP contribution in [0.3, 0.4) is 0 Å². The molecule has 7 nitrogen and oxygen atoms in total. The Morgan fingerprint density at radius 2 is 1.89 bits per heavy atom. The summed E-state index contributed by atoms with van der Waals surface area (Å²) in [5.74, 6) is -0.432. The third-order valence-corrected chi connectivity index (χ3v) is 5.58. The summed E-state index contributed by atoms with van der Waals surface area (Å²) < 4.78 is 7.53. The van der Waals surface area contributed by atoms with Crippen molar-refractivity contribution in [3.8, 4) is 0 Å². The molecule has 28 heavy (non-hydrogen) atoms. The molecule has 0 radical (unpaired) electrons. The van der Waals surface area contributed by atoms with E-state index < -0.39 is 17.2 Å². The fourth-order valence-corrected chi connectivity index (χ4v) is 3.74. The van der Waals surface area contributed by atoms with Crippen molar-refractivity contribution < 1.29 is 19.4 Å². The number of carbonyl (C=O) groups excluding carboxylic acids is 2. The summed E-state index contributed by atoms with van der Waals surface area (Å²) in [6.45, 7) is 7.28. The topological polar surface area (TPSA) is 94.3 Å². The van der Waals surface area contributed by atoms with Gasteiger partial charge in [-0.05, 0) is 27.2 Å². The standard InChI is InChI=1S/C21H23N3O4/c1-5-21(4,27)15-11-24(23-22-15)14-10-20(2,3)28-19-16(14)17(25)12-8-6-7-9-13(12)18(19)26/h6-9,11,14,27H,5,10H2,1-4H3. The highest BCUT2D eigenvalue weighted by Crippen LogP contribution is 2.43. The maximum atomic E-state index is 13.3. The van der Waals surface area contributed by atoms with E-state index in [1.165, 1.54) is 0 Å². The first-order valence-electron chi connectivity index (χ1n) is 9.41. The molecule has 0 fully saturated rings. The Bertz CT molecular complexity index is 1020. The van der Waals surface area contributed by atoms with Crippen LogP contribution in [0, 0.1) is 0 Å².